The van der Waals surface area contributed by atoms with E-state index in [4.69, 9.17) is 15.0 Å². The number of nitrogen functional groups attached to an aromatic ring is 1. The van der Waals surface area contributed by atoms with Crippen molar-refractivity contribution in [1.29, 1.82) is 0 Å². The van der Waals surface area contributed by atoms with Crippen LogP contribution in [-0.4, -0.2) is 36.8 Å². The van der Waals surface area contributed by atoms with Crippen molar-refractivity contribution in [3.8, 4) is 17.9 Å². The lowest BCUT2D eigenvalue weighted by atomic mass is 10.0. The minimum Gasteiger partial charge on any atom is -0.464 e. The molecule has 0 spiro atoms. The zero-order chi connectivity index (χ0) is 21.1. The molecule has 0 aliphatic rings. The minimum atomic E-state index is -1.42. The van der Waals surface area contributed by atoms with Gasteiger partial charge in [0.15, 0.2) is 5.60 Å². The summed E-state index contributed by atoms with van der Waals surface area (Å²) in [6.07, 6.45) is 2.19. The second kappa shape index (κ2) is 7.85. The number of fused-ring (bicyclic) bond motifs is 1. The van der Waals surface area contributed by atoms with Gasteiger partial charge in [-0.05, 0) is 38.1 Å². The number of nitrogens with one attached hydrogen (secondary N) is 1. The molecule has 0 saturated carbocycles. The SMILES string of the molecule is Cc1cc(C(C)(O)C#Cc2ccc3nc(OCCc4ccnc(N)n4)[nH]c3c2)no1. The molecule has 9 heteroatoms. The van der Waals surface area contributed by atoms with Crippen LogP contribution in [0, 0.1) is 18.8 Å². The van der Waals surface area contributed by atoms with Crippen LogP contribution in [0.4, 0.5) is 5.95 Å². The van der Waals surface area contributed by atoms with Gasteiger partial charge in [-0.25, -0.2) is 9.97 Å². The molecule has 0 fully saturated rings. The number of H-pyrrole nitrogens is 1. The number of nitrogens with zero attached hydrogens (tertiary/aromatic N) is 4. The van der Waals surface area contributed by atoms with Crippen LogP contribution < -0.4 is 10.5 Å². The van der Waals surface area contributed by atoms with Crippen LogP contribution in [0.5, 0.6) is 6.01 Å². The van der Waals surface area contributed by atoms with Gasteiger partial charge in [-0.1, -0.05) is 17.0 Å². The maximum atomic E-state index is 10.5. The largest absolute Gasteiger partial charge is 0.464 e. The van der Waals surface area contributed by atoms with Gasteiger partial charge in [0.1, 0.15) is 11.5 Å². The molecule has 0 amide bonds. The van der Waals surface area contributed by atoms with Gasteiger partial charge < -0.3 is 25.1 Å². The molecule has 0 saturated heterocycles. The number of hydrogen-bond acceptors (Lipinski definition) is 8. The quantitative estimate of drug-likeness (QED) is 0.430. The number of aromatic amines is 1. The van der Waals surface area contributed by atoms with Crippen molar-refractivity contribution in [2.24, 2.45) is 0 Å². The zero-order valence-electron chi connectivity index (χ0n) is 16.5. The standard InChI is InChI=1S/C21H20N6O3/c1-13-11-18(27-30-13)21(2,28)8-5-14-3-4-16-17(12-14)26-20(25-16)29-10-7-15-6-9-23-19(22)24-15/h3-4,6,9,11-12,28H,7,10H2,1-2H3,(H,25,26)(H2,22,23,24). The molecule has 152 valence electrons. The normalized spacial score (nSPS) is 12.9. The molecule has 0 aliphatic heterocycles. The van der Waals surface area contributed by atoms with E-state index in [-0.39, 0.29) is 5.95 Å². The summed E-state index contributed by atoms with van der Waals surface area (Å²) in [4.78, 5) is 15.5. The highest BCUT2D eigenvalue weighted by Gasteiger charge is 2.24. The molecular formula is C21H20N6O3. The molecule has 1 aromatic carbocycles. The van der Waals surface area contributed by atoms with Gasteiger partial charge >= 0.3 is 0 Å². The third-order valence-electron chi connectivity index (χ3n) is 4.37. The fourth-order valence-electron chi connectivity index (χ4n) is 2.79. The van der Waals surface area contributed by atoms with Crippen LogP contribution in [0.2, 0.25) is 0 Å². The van der Waals surface area contributed by atoms with Gasteiger partial charge in [-0.15, -0.1) is 0 Å². The molecule has 1 atom stereocenters. The number of ether oxygens (including phenoxy) is 1. The van der Waals surface area contributed by atoms with Gasteiger partial charge in [0.25, 0.3) is 6.01 Å². The van der Waals surface area contributed by atoms with Crippen molar-refractivity contribution >= 4 is 17.0 Å². The van der Waals surface area contributed by atoms with Crippen molar-refractivity contribution in [3.63, 3.8) is 0 Å². The minimum absolute atomic E-state index is 0.238. The lowest BCUT2D eigenvalue weighted by Crippen LogP contribution is -2.18. The summed E-state index contributed by atoms with van der Waals surface area (Å²) in [5.74, 6) is 6.65. The zero-order valence-corrected chi connectivity index (χ0v) is 16.5. The molecule has 0 bridgehead atoms. The van der Waals surface area contributed by atoms with E-state index >= 15 is 0 Å². The van der Waals surface area contributed by atoms with Gasteiger partial charge in [0.05, 0.1) is 17.6 Å². The lowest BCUT2D eigenvalue weighted by Gasteiger charge is -2.11. The molecule has 3 aromatic heterocycles. The highest BCUT2D eigenvalue weighted by molar-refractivity contribution is 5.77. The first kappa shape index (κ1) is 19.4. The molecule has 0 radical (unpaired) electrons. The number of imidazole rings is 1. The molecule has 3 heterocycles. The topological polar surface area (TPSA) is 136 Å². The summed E-state index contributed by atoms with van der Waals surface area (Å²) in [5, 5.41) is 14.4. The van der Waals surface area contributed by atoms with E-state index in [2.05, 4.69) is 36.9 Å². The summed E-state index contributed by atoms with van der Waals surface area (Å²) < 4.78 is 10.7. The van der Waals surface area contributed by atoms with E-state index < -0.39 is 5.60 Å². The Morgan fingerprint density at radius 1 is 1.27 bits per heavy atom. The Morgan fingerprint density at radius 2 is 2.13 bits per heavy atom. The van der Waals surface area contributed by atoms with Crippen LogP contribution in [0.3, 0.4) is 0 Å². The number of anilines is 1. The summed E-state index contributed by atoms with van der Waals surface area (Å²) >= 11 is 0. The Balaban J connectivity index is 1.45. The summed E-state index contributed by atoms with van der Waals surface area (Å²) in [5.41, 5.74) is 7.57. The fourth-order valence-corrected chi connectivity index (χ4v) is 2.79. The van der Waals surface area contributed by atoms with Gasteiger partial charge in [0, 0.05) is 29.9 Å². The maximum absolute atomic E-state index is 10.5. The number of nitrogens with two attached hydrogens (primary N) is 1. The van der Waals surface area contributed by atoms with Crippen LogP contribution in [0.15, 0.2) is 41.1 Å². The first-order valence-corrected chi connectivity index (χ1v) is 9.28. The Bertz CT molecular complexity index is 1250. The van der Waals surface area contributed by atoms with Crippen molar-refractivity contribution in [2.75, 3.05) is 12.3 Å². The number of aliphatic hydroxyl groups is 1. The van der Waals surface area contributed by atoms with E-state index in [0.717, 1.165) is 22.3 Å². The van der Waals surface area contributed by atoms with E-state index in [1.807, 2.05) is 18.2 Å². The predicted molar refractivity (Wildman–Crippen MR) is 109 cm³/mol. The molecule has 0 aliphatic carbocycles. The Labute approximate surface area is 172 Å². The molecule has 1 unspecified atom stereocenters. The van der Waals surface area contributed by atoms with Crippen molar-refractivity contribution in [2.45, 2.75) is 25.9 Å². The third-order valence-corrected chi connectivity index (χ3v) is 4.37. The van der Waals surface area contributed by atoms with Gasteiger partial charge in [-0.3, -0.25) is 0 Å². The van der Waals surface area contributed by atoms with Crippen LogP contribution in [0.25, 0.3) is 11.0 Å². The van der Waals surface area contributed by atoms with Crippen LogP contribution in [-0.2, 0) is 12.0 Å². The summed E-state index contributed by atoms with van der Waals surface area (Å²) in [7, 11) is 0. The summed E-state index contributed by atoms with van der Waals surface area (Å²) in [6.45, 7) is 3.72. The lowest BCUT2D eigenvalue weighted by molar-refractivity contribution is 0.112. The average Bonchev–Trinajstić information content (AvgIpc) is 3.32. The molecular weight excluding hydrogens is 384 g/mol. The smallest absolute Gasteiger partial charge is 0.294 e. The number of benzene rings is 1. The van der Waals surface area contributed by atoms with Crippen LogP contribution >= 0.6 is 0 Å². The molecule has 4 N–H and O–H groups in total. The van der Waals surface area contributed by atoms with Crippen molar-refractivity contribution in [1.82, 2.24) is 25.1 Å². The number of aromatic nitrogens is 5. The highest BCUT2D eigenvalue weighted by Crippen LogP contribution is 2.20. The Morgan fingerprint density at radius 3 is 2.90 bits per heavy atom. The molecule has 30 heavy (non-hydrogen) atoms. The number of rotatable bonds is 5. The monoisotopic (exact) mass is 404 g/mol. The first-order chi connectivity index (χ1) is 14.4. The first-order valence-electron chi connectivity index (χ1n) is 9.28. The second-order valence-corrected chi connectivity index (χ2v) is 6.92. The van der Waals surface area contributed by atoms with E-state index in [1.54, 1.807) is 32.2 Å². The average molecular weight is 404 g/mol. The van der Waals surface area contributed by atoms with E-state index in [9.17, 15) is 5.11 Å². The Hall–Kier alpha value is -3.90. The third kappa shape index (κ3) is 4.39. The molecule has 4 aromatic rings. The summed E-state index contributed by atoms with van der Waals surface area (Å²) in [6, 6.07) is 9.36. The van der Waals surface area contributed by atoms with Gasteiger partial charge in [0.2, 0.25) is 5.95 Å². The van der Waals surface area contributed by atoms with E-state index in [1.165, 1.54) is 0 Å². The highest BCUT2D eigenvalue weighted by atomic mass is 16.5. The fraction of sp³-hybridized carbons (Fsp3) is 0.238. The van der Waals surface area contributed by atoms with Gasteiger partial charge in [-0.2, -0.15) is 4.98 Å². The number of hydrogen-bond donors (Lipinski definition) is 3. The van der Waals surface area contributed by atoms with Crippen LogP contribution in [0.1, 0.15) is 29.6 Å². The number of aryl methyl sites for hydroxylation is 1. The van der Waals surface area contributed by atoms with Crippen molar-refractivity contribution in [3.05, 3.63) is 59.2 Å². The maximum Gasteiger partial charge on any atom is 0.294 e. The second-order valence-electron chi connectivity index (χ2n) is 6.92. The Kier molecular flexibility index (Phi) is 5.08. The van der Waals surface area contributed by atoms with E-state index in [0.29, 0.717) is 30.5 Å². The predicted octanol–water partition coefficient (Wildman–Crippen LogP) is 2.11. The molecule has 9 nitrogen and oxygen atoms in total. The molecule has 4 rings (SSSR count). The van der Waals surface area contributed by atoms with Crippen molar-refractivity contribution < 1.29 is 14.4 Å².